The van der Waals surface area contributed by atoms with Gasteiger partial charge in [0.15, 0.2) is 0 Å². The Balaban J connectivity index is 2.53. The van der Waals surface area contributed by atoms with Crippen LogP contribution >= 0.6 is 0 Å². The van der Waals surface area contributed by atoms with Gasteiger partial charge in [0, 0.05) is 6.54 Å². The zero-order valence-electron chi connectivity index (χ0n) is 15.3. The Morgan fingerprint density at radius 3 is 2.52 bits per heavy atom. The third-order valence-corrected chi connectivity index (χ3v) is 5.13. The number of carbonyl (C=O) groups is 1. The topological polar surface area (TPSA) is 52.6 Å². The number of anilines is 2. The van der Waals surface area contributed by atoms with E-state index < -0.39 is 11.5 Å². The van der Waals surface area contributed by atoms with Crippen LogP contribution in [0.5, 0.6) is 0 Å². The lowest BCUT2D eigenvalue weighted by Gasteiger charge is -2.49. The number of unbranched alkanes of at least 4 members (excludes halogenated alkanes) is 1. The summed E-state index contributed by atoms with van der Waals surface area (Å²) in [6.45, 7) is 12.8. The van der Waals surface area contributed by atoms with E-state index >= 15 is 0 Å². The van der Waals surface area contributed by atoms with Gasteiger partial charge in [-0.05, 0) is 64.3 Å². The normalized spacial score (nSPS) is 20.9. The van der Waals surface area contributed by atoms with Crippen LogP contribution in [0.25, 0.3) is 0 Å². The molecule has 2 rings (SSSR count). The van der Waals surface area contributed by atoms with Crippen LogP contribution in [0.3, 0.4) is 0 Å². The standard InChI is InChI=1S/C19H30N2O2/c1-7-8-9-19(6)12-21(18(4,5)17(22)23)16-11-14(3)13(2)10-15(16)20-19/h10-11,20H,7-9,12H2,1-6H3,(H,22,23). The molecule has 1 aromatic rings. The Morgan fingerprint density at radius 2 is 1.96 bits per heavy atom. The van der Waals surface area contributed by atoms with Crippen LogP contribution in [0.4, 0.5) is 11.4 Å². The summed E-state index contributed by atoms with van der Waals surface area (Å²) in [6.07, 6.45) is 3.30. The van der Waals surface area contributed by atoms with Crippen LogP contribution in [-0.2, 0) is 4.79 Å². The molecule has 1 unspecified atom stereocenters. The average molecular weight is 318 g/mol. The maximum atomic E-state index is 11.8. The van der Waals surface area contributed by atoms with Crippen LogP contribution in [-0.4, -0.2) is 28.7 Å². The lowest BCUT2D eigenvalue weighted by Crippen LogP contribution is -2.60. The molecule has 0 saturated heterocycles. The van der Waals surface area contributed by atoms with Crippen molar-refractivity contribution in [3.8, 4) is 0 Å². The number of aryl methyl sites for hydroxylation is 2. The monoisotopic (exact) mass is 318 g/mol. The molecular weight excluding hydrogens is 288 g/mol. The number of benzene rings is 1. The van der Waals surface area contributed by atoms with E-state index in [0.717, 1.165) is 30.6 Å². The van der Waals surface area contributed by atoms with Crippen molar-refractivity contribution in [2.75, 3.05) is 16.8 Å². The molecule has 0 aliphatic carbocycles. The number of nitrogens with zero attached hydrogens (tertiary/aromatic N) is 1. The zero-order chi connectivity index (χ0) is 17.4. The summed E-state index contributed by atoms with van der Waals surface area (Å²) >= 11 is 0. The van der Waals surface area contributed by atoms with Crippen LogP contribution in [0.1, 0.15) is 58.1 Å². The van der Waals surface area contributed by atoms with Crippen molar-refractivity contribution in [3.05, 3.63) is 23.3 Å². The highest BCUT2D eigenvalue weighted by Gasteiger charge is 2.43. The second kappa shape index (κ2) is 6.06. The number of carboxylic acid groups (broad SMARTS) is 1. The minimum absolute atomic E-state index is 0.114. The molecule has 0 radical (unpaired) electrons. The van der Waals surface area contributed by atoms with Crippen molar-refractivity contribution in [1.82, 2.24) is 0 Å². The summed E-state index contributed by atoms with van der Waals surface area (Å²) in [4.78, 5) is 13.9. The number of aliphatic carboxylic acids is 1. The van der Waals surface area contributed by atoms with Crippen molar-refractivity contribution >= 4 is 17.3 Å². The first-order valence-electron chi connectivity index (χ1n) is 8.51. The number of carboxylic acids is 1. The lowest BCUT2D eigenvalue weighted by atomic mass is 9.87. The second-order valence-corrected chi connectivity index (χ2v) is 7.69. The number of hydrogen-bond donors (Lipinski definition) is 2. The van der Waals surface area contributed by atoms with E-state index in [-0.39, 0.29) is 5.54 Å². The Labute approximate surface area is 139 Å². The molecule has 1 heterocycles. The Morgan fingerprint density at radius 1 is 1.35 bits per heavy atom. The van der Waals surface area contributed by atoms with Gasteiger partial charge in [0.2, 0.25) is 0 Å². The Kier molecular flexibility index (Phi) is 4.65. The van der Waals surface area contributed by atoms with Crippen LogP contribution in [0, 0.1) is 13.8 Å². The molecule has 2 N–H and O–H groups in total. The molecule has 4 nitrogen and oxygen atoms in total. The fraction of sp³-hybridized carbons (Fsp3) is 0.632. The van der Waals surface area contributed by atoms with Gasteiger partial charge < -0.3 is 15.3 Å². The molecule has 1 aromatic carbocycles. The van der Waals surface area contributed by atoms with Gasteiger partial charge in [-0.1, -0.05) is 19.8 Å². The summed E-state index contributed by atoms with van der Waals surface area (Å²) in [7, 11) is 0. The highest BCUT2D eigenvalue weighted by molar-refractivity contribution is 5.87. The molecule has 4 heteroatoms. The van der Waals surface area contributed by atoms with E-state index in [1.165, 1.54) is 11.1 Å². The molecule has 0 fully saturated rings. The highest BCUT2D eigenvalue weighted by Crippen LogP contribution is 2.41. The molecular formula is C19H30N2O2. The minimum Gasteiger partial charge on any atom is -0.480 e. The predicted molar refractivity (Wildman–Crippen MR) is 96.5 cm³/mol. The van der Waals surface area contributed by atoms with Gasteiger partial charge in [0.25, 0.3) is 0 Å². The third kappa shape index (κ3) is 3.31. The van der Waals surface area contributed by atoms with E-state index in [4.69, 9.17) is 0 Å². The number of hydrogen-bond acceptors (Lipinski definition) is 3. The summed E-state index contributed by atoms with van der Waals surface area (Å²) in [5.41, 5.74) is 3.41. The molecule has 0 saturated carbocycles. The fourth-order valence-corrected chi connectivity index (χ4v) is 3.25. The van der Waals surface area contributed by atoms with E-state index in [2.05, 4.69) is 50.0 Å². The molecule has 128 valence electrons. The first-order chi connectivity index (χ1) is 10.6. The van der Waals surface area contributed by atoms with Gasteiger partial charge in [-0.3, -0.25) is 0 Å². The van der Waals surface area contributed by atoms with Crippen molar-refractivity contribution in [3.63, 3.8) is 0 Å². The van der Waals surface area contributed by atoms with Crippen LogP contribution in [0.2, 0.25) is 0 Å². The highest BCUT2D eigenvalue weighted by atomic mass is 16.4. The minimum atomic E-state index is -0.938. The maximum Gasteiger partial charge on any atom is 0.328 e. The largest absolute Gasteiger partial charge is 0.480 e. The SMILES string of the molecule is CCCCC1(C)CN(C(C)(C)C(=O)O)c2cc(C)c(C)cc2N1. The van der Waals surface area contributed by atoms with Gasteiger partial charge in [-0.2, -0.15) is 0 Å². The van der Waals surface area contributed by atoms with E-state index in [1.54, 1.807) is 13.8 Å². The average Bonchev–Trinajstić information content (AvgIpc) is 2.46. The summed E-state index contributed by atoms with van der Waals surface area (Å²) in [6, 6.07) is 4.26. The molecule has 1 atom stereocenters. The molecule has 1 aliphatic heterocycles. The zero-order valence-corrected chi connectivity index (χ0v) is 15.3. The summed E-state index contributed by atoms with van der Waals surface area (Å²) < 4.78 is 0. The predicted octanol–water partition coefficient (Wildman–Crippen LogP) is 4.35. The van der Waals surface area contributed by atoms with E-state index in [9.17, 15) is 9.90 Å². The Hall–Kier alpha value is -1.71. The van der Waals surface area contributed by atoms with Gasteiger partial charge in [0.05, 0.1) is 16.9 Å². The van der Waals surface area contributed by atoms with E-state index in [1.807, 2.05) is 0 Å². The summed E-state index contributed by atoms with van der Waals surface area (Å²) in [5.74, 6) is -0.790. The van der Waals surface area contributed by atoms with Crippen molar-refractivity contribution in [2.45, 2.75) is 71.9 Å². The maximum absolute atomic E-state index is 11.8. The van der Waals surface area contributed by atoms with Crippen molar-refractivity contribution in [1.29, 1.82) is 0 Å². The van der Waals surface area contributed by atoms with Crippen LogP contribution < -0.4 is 10.2 Å². The second-order valence-electron chi connectivity index (χ2n) is 7.69. The first kappa shape index (κ1) is 17.6. The number of fused-ring (bicyclic) bond motifs is 1. The third-order valence-electron chi connectivity index (χ3n) is 5.13. The molecule has 0 bridgehead atoms. The lowest BCUT2D eigenvalue weighted by molar-refractivity contribution is -0.142. The fourth-order valence-electron chi connectivity index (χ4n) is 3.25. The smallest absolute Gasteiger partial charge is 0.328 e. The molecule has 23 heavy (non-hydrogen) atoms. The van der Waals surface area contributed by atoms with E-state index in [0.29, 0.717) is 6.54 Å². The number of nitrogens with one attached hydrogen (secondary N) is 1. The first-order valence-corrected chi connectivity index (χ1v) is 8.51. The number of rotatable bonds is 5. The molecule has 0 amide bonds. The molecule has 0 aromatic heterocycles. The van der Waals surface area contributed by atoms with Gasteiger partial charge in [0.1, 0.15) is 5.54 Å². The quantitative estimate of drug-likeness (QED) is 0.847. The van der Waals surface area contributed by atoms with Gasteiger partial charge >= 0.3 is 5.97 Å². The molecule has 1 aliphatic rings. The van der Waals surface area contributed by atoms with Gasteiger partial charge in [-0.15, -0.1) is 0 Å². The van der Waals surface area contributed by atoms with Crippen molar-refractivity contribution in [2.24, 2.45) is 0 Å². The van der Waals surface area contributed by atoms with Gasteiger partial charge in [-0.25, -0.2) is 4.79 Å². The Bertz CT molecular complexity index is 610. The summed E-state index contributed by atoms with van der Waals surface area (Å²) in [5, 5.41) is 13.4. The van der Waals surface area contributed by atoms with Crippen LogP contribution in [0.15, 0.2) is 12.1 Å². The van der Waals surface area contributed by atoms with Crippen molar-refractivity contribution < 1.29 is 9.90 Å². The molecule has 0 spiro atoms.